The Morgan fingerprint density at radius 2 is 1.75 bits per heavy atom. The van der Waals surface area contributed by atoms with Crippen molar-refractivity contribution in [2.24, 2.45) is 0 Å². The van der Waals surface area contributed by atoms with Crippen LogP contribution in [0.3, 0.4) is 0 Å². The Bertz CT molecular complexity index is 352. The van der Waals surface area contributed by atoms with E-state index in [2.05, 4.69) is 12.2 Å². The van der Waals surface area contributed by atoms with Crippen LogP contribution in [0.1, 0.15) is 32.3 Å². The van der Waals surface area contributed by atoms with Crippen LogP contribution in [0.25, 0.3) is 0 Å². The van der Waals surface area contributed by atoms with Gasteiger partial charge in [-0.1, -0.05) is 13.3 Å². The van der Waals surface area contributed by atoms with E-state index in [4.69, 9.17) is 0 Å². The zero-order chi connectivity index (χ0) is 12.1. The molecule has 0 aliphatic heterocycles. The van der Waals surface area contributed by atoms with Crippen LogP contribution in [-0.2, 0) is 6.54 Å². The summed E-state index contributed by atoms with van der Waals surface area (Å²) in [6.45, 7) is 4.24. The summed E-state index contributed by atoms with van der Waals surface area (Å²) in [4.78, 5) is 0. The van der Waals surface area contributed by atoms with E-state index < -0.39 is 17.5 Å². The predicted molar refractivity (Wildman–Crippen MR) is 57.5 cm³/mol. The Hall–Kier alpha value is -1.03. The summed E-state index contributed by atoms with van der Waals surface area (Å²) < 4.78 is 38.7. The Morgan fingerprint density at radius 1 is 1.12 bits per heavy atom. The highest BCUT2D eigenvalue weighted by Crippen LogP contribution is 2.13. The molecule has 16 heavy (non-hydrogen) atoms. The molecule has 1 aromatic carbocycles. The summed E-state index contributed by atoms with van der Waals surface area (Å²) >= 11 is 0. The molecule has 4 heteroatoms. The lowest BCUT2D eigenvalue weighted by Crippen LogP contribution is -2.25. The molecule has 0 aliphatic rings. The maximum absolute atomic E-state index is 13.2. The van der Waals surface area contributed by atoms with Gasteiger partial charge < -0.3 is 5.32 Å². The van der Waals surface area contributed by atoms with Crippen LogP contribution in [0, 0.1) is 17.5 Å². The zero-order valence-electron chi connectivity index (χ0n) is 9.49. The van der Waals surface area contributed by atoms with E-state index in [1.807, 2.05) is 6.92 Å². The van der Waals surface area contributed by atoms with Gasteiger partial charge in [-0.05, 0) is 19.4 Å². The molecule has 0 bridgehead atoms. The second-order valence-corrected chi connectivity index (χ2v) is 3.93. The lowest BCUT2D eigenvalue weighted by atomic mass is 10.1. The van der Waals surface area contributed by atoms with Crippen LogP contribution in [0.15, 0.2) is 12.1 Å². The maximum atomic E-state index is 13.2. The van der Waals surface area contributed by atoms with Crippen molar-refractivity contribution in [3.63, 3.8) is 0 Å². The SMILES string of the molecule is CCCC(C)NCc1cc(F)c(F)cc1F. The van der Waals surface area contributed by atoms with Gasteiger partial charge in [-0.25, -0.2) is 13.2 Å². The van der Waals surface area contributed by atoms with E-state index in [9.17, 15) is 13.2 Å². The highest BCUT2D eigenvalue weighted by Gasteiger charge is 2.10. The fourth-order valence-electron chi connectivity index (χ4n) is 1.52. The van der Waals surface area contributed by atoms with Crippen LogP contribution < -0.4 is 5.32 Å². The van der Waals surface area contributed by atoms with E-state index in [1.54, 1.807) is 0 Å². The summed E-state index contributed by atoms with van der Waals surface area (Å²) in [5.74, 6) is -2.88. The average Bonchev–Trinajstić information content (AvgIpc) is 2.22. The van der Waals surface area contributed by atoms with Gasteiger partial charge in [0.1, 0.15) is 5.82 Å². The van der Waals surface area contributed by atoms with E-state index in [-0.39, 0.29) is 18.2 Å². The Morgan fingerprint density at radius 3 is 2.38 bits per heavy atom. The second kappa shape index (κ2) is 5.89. The quantitative estimate of drug-likeness (QED) is 0.766. The van der Waals surface area contributed by atoms with Crippen molar-refractivity contribution in [2.75, 3.05) is 0 Å². The van der Waals surface area contributed by atoms with Crippen molar-refractivity contribution in [1.82, 2.24) is 5.32 Å². The van der Waals surface area contributed by atoms with Gasteiger partial charge in [-0.15, -0.1) is 0 Å². The molecule has 1 aromatic rings. The average molecular weight is 231 g/mol. The van der Waals surface area contributed by atoms with Gasteiger partial charge in [0.25, 0.3) is 0 Å². The van der Waals surface area contributed by atoms with E-state index in [0.717, 1.165) is 18.9 Å². The summed E-state index contributed by atoms with van der Waals surface area (Å²) in [5.41, 5.74) is 0.154. The molecule has 0 aromatic heterocycles. The molecule has 0 saturated heterocycles. The van der Waals surface area contributed by atoms with E-state index in [0.29, 0.717) is 6.07 Å². The van der Waals surface area contributed by atoms with Gasteiger partial charge >= 0.3 is 0 Å². The molecule has 1 nitrogen and oxygen atoms in total. The lowest BCUT2D eigenvalue weighted by Gasteiger charge is -2.13. The van der Waals surface area contributed by atoms with Gasteiger partial charge in [-0.2, -0.15) is 0 Å². The number of hydrogen-bond donors (Lipinski definition) is 1. The molecule has 90 valence electrons. The Balaban J connectivity index is 2.63. The second-order valence-electron chi connectivity index (χ2n) is 3.93. The minimum atomic E-state index is -1.15. The molecule has 0 saturated carbocycles. The van der Waals surface area contributed by atoms with Crippen LogP contribution in [0.2, 0.25) is 0 Å². The van der Waals surface area contributed by atoms with Crippen molar-refractivity contribution in [2.45, 2.75) is 39.3 Å². The Labute approximate surface area is 93.7 Å². The summed E-state index contributed by atoms with van der Waals surface area (Å²) in [6.07, 6.45) is 1.99. The number of benzene rings is 1. The van der Waals surface area contributed by atoms with E-state index in [1.165, 1.54) is 0 Å². The van der Waals surface area contributed by atoms with Crippen molar-refractivity contribution in [1.29, 1.82) is 0 Å². The first-order valence-corrected chi connectivity index (χ1v) is 5.41. The molecule has 0 heterocycles. The highest BCUT2D eigenvalue weighted by atomic mass is 19.2. The molecule has 0 spiro atoms. The number of rotatable bonds is 5. The normalized spacial score (nSPS) is 12.8. The van der Waals surface area contributed by atoms with Gasteiger partial charge in [0.05, 0.1) is 0 Å². The molecule has 1 N–H and O–H groups in total. The van der Waals surface area contributed by atoms with Gasteiger partial charge in [0.15, 0.2) is 11.6 Å². The largest absolute Gasteiger partial charge is 0.310 e. The molecule has 1 atom stereocenters. The van der Waals surface area contributed by atoms with Crippen LogP contribution in [0.5, 0.6) is 0 Å². The van der Waals surface area contributed by atoms with Crippen molar-refractivity contribution in [3.05, 3.63) is 35.1 Å². The van der Waals surface area contributed by atoms with Crippen molar-refractivity contribution in [3.8, 4) is 0 Å². The molecule has 1 rings (SSSR count). The molecule has 0 amide bonds. The molecule has 0 radical (unpaired) electrons. The van der Waals surface area contributed by atoms with Crippen molar-refractivity contribution < 1.29 is 13.2 Å². The molecular formula is C12H16F3N. The van der Waals surface area contributed by atoms with Crippen molar-refractivity contribution >= 4 is 0 Å². The number of hydrogen-bond acceptors (Lipinski definition) is 1. The summed E-state index contributed by atoms with van der Waals surface area (Å²) in [7, 11) is 0. The minimum absolute atomic E-state index is 0.154. The molecular weight excluding hydrogens is 215 g/mol. The first-order valence-electron chi connectivity index (χ1n) is 5.41. The first-order chi connectivity index (χ1) is 7.54. The molecule has 0 aliphatic carbocycles. The minimum Gasteiger partial charge on any atom is -0.310 e. The van der Waals surface area contributed by atoms with E-state index >= 15 is 0 Å². The fraction of sp³-hybridized carbons (Fsp3) is 0.500. The predicted octanol–water partition coefficient (Wildman–Crippen LogP) is 3.38. The van der Waals surface area contributed by atoms with Crippen LogP contribution in [0.4, 0.5) is 13.2 Å². The van der Waals surface area contributed by atoms with Crippen LogP contribution in [-0.4, -0.2) is 6.04 Å². The van der Waals surface area contributed by atoms with Gasteiger partial charge in [0.2, 0.25) is 0 Å². The standard InChI is InChI=1S/C12H16F3N/c1-3-4-8(2)16-7-9-5-11(14)12(15)6-10(9)13/h5-6,8,16H,3-4,7H2,1-2H3. The third-order valence-electron chi connectivity index (χ3n) is 2.45. The zero-order valence-corrected chi connectivity index (χ0v) is 9.49. The molecule has 1 unspecified atom stereocenters. The highest BCUT2D eigenvalue weighted by molar-refractivity contribution is 5.19. The monoisotopic (exact) mass is 231 g/mol. The van der Waals surface area contributed by atoms with Crippen LogP contribution >= 0.6 is 0 Å². The maximum Gasteiger partial charge on any atom is 0.161 e. The third-order valence-corrected chi connectivity index (χ3v) is 2.45. The topological polar surface area (TPSA) is 12.0 Å². The first kappa shape index (κ1) is 13.0. The lowest BCUT2D eigenvalue weighted by molar-refractivity contribution is 0.472. The summed E-state index contributed by atoms with van der Waals surface area (Å²) in [5, 5.41) is 3.06. The molecule has 0 fully saturated rings. The summed E-state index contributed by atoms with van der Waals surface area (Å²) in [6, 6.07) is 1.71. The number of nitrogens with one attached hydrogen (secondary N) is 1. The fourth-order valence-corrected chi connectivity index (χ4v) is 1.52. The number of halogens is 3. The van der Waals surface area contributed by atoms with Gasteiger partial charge in [0, 0.05) is 24.2 Å². The Kier molecular flexibility index (Phi) is 4.80. The third kappa shape index (κ3) is 3.52. The van der Waals surface area contributed by atoms with Gasteiger partial charge in [-0.3, -0.25) is 0 Å². The smallest absolute Gasteiger partial charge is 0.161 e.